The summed E-state index contributed by atoms with van der Waals surface area (Å²) in [6, 6.07) is 18.8. The van der Waals surface area contributed by atoms with Crippen molar-refractivity contribution in [2.24, 2.45) is 0 Å². The fourth-order valence-corrected chi connectivity index (χ4v) is 5.57. The number of hydrogen-bond acceptors (Lipinski definition) is 10. The Bertz CT molecular complexity index is 1610. The minimum atomic E-state index is -1.28. The molecule has 3 aromatic carbocycles. The summed E-state index contributed by atoms with van der Waals surface area (Å²) in [6.45, 7) is 3.83. The summed E-state index contributed by atoms with van der Waals surface area (Å²) in [5.41, 5.74) is 1.36. The number of piperidine rings is 1. The van der Waals surface area contributed by atoms with Gasteiger partial charge in [-0.1, -0.05) is 30.3 Å². The molecule has 44 heavy (non-hydrogen) atoms. The molecule has 3 saturated heterocycles. The largest absolute Gasteiger partial charge is 0.457 e. The zero-order valence-corrected chi connectivity index (χ0v) is 23.8. The SMILES string of the molecule is O=C1NC(=O)C(c2ccc(Oc3ccccc3)cc2)C(=O)/C1=C/c1cc([N+](=O)[O-])c(N2CCOCC2)cc1N1CCOCC1. The fraction of sp³-hybridized carbons (Fsp3) is 0.281. The second-order valence-electron chi connectivity index (χ2n) is 10.5. The average molecular weight is 599 g/mol. The van der Waals surface area contributed by atoms with Crippen LogP contribution in [0.5, 0.6) is 11.5 Å². The quantitative estimate of drug-likeness (QED) is 0.107. The number of hydrogen-bond donors (Lipinski definition) is 1. The molecular weight excluding hydrogens is 568 g/mol. The number of benzene rings is 3. The number of anilines is 2. The van der Waals surface area contributed by atoms with Crippen LogP contribution in [0, 0.1) is 10.1 Å². The molecule has 3 fully saturated rings. The van der Waals surface area contributed by atoms with Crippen LogP contribution < -0.4 is 19.9 Å². The highest BCUT2D eigenvalue weighted by atomic mass is 16.6. The molecule has 1 N–H and O–H groups in total. The smallest absolute Gasteiger partial charge is 0.293 e. The van der Waals surface area contributed by atoms with Gasteiger partial charge in [-0.15, -0.1) is 0 Å². The van der Waals surface area contributed by atoms with E-state index in [1.807, 2.05) is 28.0 Å². The number of carbonyl (C=O) groups excluding carboxylic acids is 3. The van der Waals surface area contributed by atoms with Gasteiger partial charge in [0.1, 0.15) is 23.1 Å². The first-order valence-electron chi connectivity index (χ1n) is 14.3. The lowest BCUT2D eigenvalue weighted by atomic mass is 9.85. The van der Waals surface area contributed by atoms with Crippen molar-refractivity contribution in [3.05, 3.63) is 93.5 Å². The Hall–Kier alpha value is -5.07. The Balaban J connectivity index is 1.37. The maximum Gasteiger partial charge on any atom is 0.293 e. The standard InChI is InChI=1S/C32H30N4O8/c37-30-25(31(38)33-32(39)29(30)21-6-8-24(9-7-21)44-23-4-2-1-3-5-23)18-22-19-28(36(40)41)27(35-12-16-43-17-13-35)20-26(22)34-10-14-42-15-11-34/h1-9,18-20,29H,10-17H2,(H,33,38,39)/b25-18-. The van der Waals surface area contributed by atoms with Crippen LogP contribution in [0.25, 0.3) is 6.08 Å². The fourth-order valence-electron chi connectivity index (χ4n) is 5.57. The van der Waals surface area contributed by atoms with Crippen molar-refractivity contribution in [3.63, 3.8) is 0 Å². The van der Waals surface area contributed by atoms with Gasteiger partial charge in [0.25, 0.3) is 11.6 Å². The summed E-state index contributed by atoms with van der Waals surface area (Å²) in [4.78, 5) is 55.4. The van der Waals surface area contributed by atoms with E-state index in [-0.39, 0.29) is 11.3 Å². The van der Waals surface area contributed by atoms with Crippen molar-refractivity contribution in [2.75, 3.05) is 62.4 Å². The molecule has 1 unspecified atom stereocenters. The van der Waals surface area contributed by atoms with Gasteiger partial charge in [0.05, 0.1) is 36.9 Å². The number of morpholine rings is 2. The lowest BCUT2D eigenvalue weighted by Gasteiger charge is -2.33. The molecule has 0 radical (unpaired) electrons. The van der Waals surface area contributed by atoms with Crippen molar-refractivity contribution in [2.45, 2.75) is 5.92 Å². The average Bonchev–Trinajstić information content (AvgIpc) is 3.04. The maximum atomic E-state index is 13.8. The molecule has 0 aliphatic carbocycles. The predicted molar refractivity (Wildman–Crippen MR) is 161 cm³/mol. The summed E-state index contributed by atoms with van der Waals surface area (Å²) in [6.07, 6.45) is 1.35. The van der Waals surface area contributed by atoms with E-state index < -0.39 is 28.4 Å². The lowest BCUT2D eigenvalue weighted by Crippen LogP contribution is -2.46. The van der Waals surface area contributed by atoms with Crippen molar-refractivity contribution in [3.8, 4) is 11.5 Å². The molecule has 3 aromatic rings. The Morgan fingerprint density at radius 2 is 1.41 bits per heavy atom. The van der Waals surface area contributed by atoms with Crippen LogP contribution in [0.2, 0.25) is 0 Å². The highest BCUT2D eigenvalue weighted by Crippen LogP contribution is 2.39. The molecule has 226 valence electrons. The van der Waals surface area contributed by atoms with Crippen LogP contribution in [0.1, 0.15) is 17.0 Å². The molecule has 12 nitrogen and oxygen atoms in total. The number of Topliss-reactive ketones (excluding diaryl/α,β-unsaturated/α-hetero) is 1. The third-order valence-electron chi connectivity index (χ3n) is 7.79. The molecule has 1 atom stereocenters. The van der Waals surface area contributed by atoms with Gasteiger partial charge < -0.3 is 24.0 Å². The molecule has 0 bridgehead atoms. The van der Waals surface area contributed by atoms with Crippen molar-refractivity contribution >= 4 is 40.7 Å². The zero-order chi connectivity index (χ0) is 30.6. The van der Waals surface area contributed by atoms with Crippen LogP contribution in [0.4, 0.5) is 17.1 Å². The number of ketones is 1. The van der Waals surface area contributed by atoms with Crippen molar-refractivity contribution < 1.29 is 33.5 Å². The first-order chi connectivity index (χ1) is 21.4. The third-order valence-corrected chi connectivity index (χ3v) is 7.79. The number of nitro benzene ring substituents is 1. The first kappa shape index (κ1) is 29.0. The molecule has 12 heteroatoms. The normalized spacial score (nSPS) is 20.0. The molecule has 2 amide bonds. The number of nitro groups is 1. The number of amides is 2. The molecule has 0 aromatic heterocycles. The topological polar surface area (TPSA) is 141 Å². The van der Waals surface area contributed by atoms with Gasteiger partial charge >= 0.3 is 0 Å². The van der Waals surface area contributed by atoms with Gasteiger partial charge in [-0.2, -0.15) is 0 Å². The minimum absolute atomic E-state index is 0.152. The van der Waals surface area contributed by atoms with E-state index in [0.29, 0.717) is 86.6 Å². The Labute approximate surface area is 252 Å². The van der Waals surface area contributed by atoms with E-state index in [4.69, 9.17) is 14.2 Å². The van der Waals surface area contributed by atoms with E-state index in [9.17, 15) is 24.5 Å². The number of ether oxygens (including phenoxy) is 3. The van der Waals surface area contributed by atoms with E-state index in [1.54, 1.807) is 42.5 Å². The molecule has 3 aliphatic heterocycles. The zero-order valence-electron chi connectivity index (χ0n) is 23.8. The highest BCUT2D eigenvalue weighted by Gasteiger charge is 2.40. The van der Waals surface area contributed by atoms with E-state index >= 15 is 0 Å². The highest BCUT2D eigenvalue weighted by molar-refractivity contribution is 6.36. The summed E-state index contributed by atoms with van der Waals surface area (Å²) >= 11 is 0. The van der Waals surface area contributed by atoms with Gasteiger partial charge in [0.2, 0.25) is 5.91 Å². The summed E-state index contributed by atoms with van der Waals surface area (Å²) in [7, 11) is 0. The van der Waals surface area contributed by atoms with E-state index in [2.05, 4.69) is 5.32 Å². The van der Waals surface area contributed by atoms with Crippen LogP contribution in [-0.2, 0) is 23.9 Å². The van der Waals surface area contributed by atoms with Crippen LogP contribution in [0.15, 0.2) is 72.3 Å². The van der Waals surface area contributed by atoms with Crippen molar-refractivity contribution in [1.82, 2.24) is 5.32 Å². The number of imide groups is 1. The summed E-state index contributed by atoms with van der Waals surface area (Å²) in [5, 5.41) is 14.5. The lowest BCUT2D eigenvalue weighted by molar-refractivity contribution is -0.384. The predicted octanol–water partition coefficient (Wildman–Crippen LogP) is 3.45. The van der Waals surface area contributed by atoms with E-state index in [0.717, 1.165) is 0 Å². The number of nitrogens with one attached hydrogen (secondary N) is 1. The molecule has 0 spiro atoms. The minimum Gasteiger partial charge on any atom is -0.457 e. The van der Waals surface area contributed by atoms with Gasteiger partial charge in [-0.05, 0) is 42.0 Å². The van der Waals surface area contributed by atoms with Gasteiger partial charge in [-0.25, -0.2) is 0 Å². The van der Waals surface area contributed by atoms with Gasteiger partial charge in [0, 0.05) is 43.5 Å². The van der Waals surface area contributed by atoms with Crippen molar-refractivity contribution in [1.29, 1.82) is 0 Å². The second-order valence-corrected chi connectivity index (χ2v) is 10.5. The Morgan fingerprint density at radius 3 is 2.02 bits per heavy atom. The Morgan fingerprint density at radius 1 is 0.818 bits per heavy atom. The van der Waals surface area contributed by atoms with Crippen LogP contribution in [0.3, 0.4) is 0 Å². The number of carbonyl (C=O) groups is 3. The van der Waals surface area contributed by atoms with Crippen LogP contribution in [-0.4, -0.2) is 75.1 Å². The van der Waals surface area contributed by atoms with Gasteiger partial charge in [0.15, 0.2) is 5.78 Å². The Kier molecular flexibility index (Phi) is 8.35. The first-order valence-corrected chi connectivity index (χ1v) is 14.3. The molecule has 3 heterocycles. The number of nitrogens with zero attached hydrogens (tertiary/aromatic N) is 3. The monoisotopic (exact) mass is 598 g/mol. The van der Waals surface area contributed by atoms with E-state index in [1.165, 1.54) is 12.1 Å². The molecular formula is C32H30N4O8. The molecule has 6 rings (SSSR count). The molecule has 3 aliphatic rings. The molecule has 0 saturated carbocycles. The number of rotatable bonds is 7. The maximum absolute atomic E-state index is 13.8. The third kappa shape index (κ3) is 6.03. The van der Waals surface area contributed by atoms with Crippen LogP contribution >= 0.6 is 0 Å². The number of para-hydroxylation sites is 1. The summed E-state index contributed by atoms with van der Waals surface area (Å²) < 4.78 is 16.8. The summed E-state index contributed by atoms with van der Waals surface area (Å²) in [5.74, 6) is -2.42. The second kappa shape index (κ2) is 12.7. The van der Waals surface area contributed by atoms with Gasteiger partial charge in [-0.3, -0.25) is 29.8 Å².